The summed E-state index contributed by atoms with van der Waals surface area (Å²) in [7, 11) is 0. The van der Waals surface area contributed by atoms with E-state index in [2.05, 4.69) is 0 Å². The number of rotatable bonds is 3. The van der Waals surface area contributed by atoms with E-state index >= 15 is 0 Å². The molecule has 0 aromatic rings. The van der Waals surface area contributed by atoms with Crippen molar-refractivity contribution >= 4 is 11.9 Å². The number of alkyl halides is 1. The van der Waals surface area contributed by atoms with Gasteiger partial charge in [-0.2, -0.15) is 0 Å². The van der Waals surface area contributed by atoms with Crippen molar-refractivity contribution in [2.75, 3.05) is 0 Å². The lowest BCUT2D eigenvalue weighted by Crippen LogP contribution is -2.51. The molecule has 1 aliphatic rings. The van der Waals surface area contributed by atoms with Crippen LogP contribution in [0.4, 0.5) is 4.39 Å². The molecule has 0 bridgehead atoms. The first-order valence-corrected chi connectivity index (χ1v) is 3.91. The molecule has 2 atom stereocenters. The Morgan fingerprint density at radius 2 is 1.86 bits per heavy atom. The molecule has 1 aliphatic carbocycles. The van der Waals surface area contributed by atoms with E-state index in [0.717, 1.165) is 6.08 Å². The normalized spacial score (nSPS) is 26.4. The van der Waals surface area contributed by atoms with Gasteiger partial charge in [0.05, 0.1) is 12.0 Å². The van der Waals surface area contributed by atoms with Crippen LogP contribution in [-0.2, 0) is 9.59 Å². The molecule has 0 saturated carbocycles. The number of aliphatic hydroxyl groups excluding tert-OH is 1. The van der Waals surface area contributed by atoms with Crippen molar-refractivity contribution in [2.45, 2.75) is 18.2 Å². The molecule has 1 rings (SSSR count). The second-order valence-corrected chi connectivity index (χ2v) is 3.08. The summed E-state index contributed by atoms with van der Waals surface area (Å²) in [5.41, 5.74) is -3.45. The molecule has 0 fully saturated rings. The molecule has 14 heavy (non-hydrogen) atoms. The number of carboxylic acid groups (broad SMARTS) is 2. The quantitative estimate of drug-likeness (QED) is 0.437. The smallest absolute Gasteiger partial charge is 0.354 e. The van der Waals surface area contributed by atoms with Gasteiger partial charge in [0.2, 0.25) is 0 Å². The van der Waals surface area contributed by atoms with E-state index < -0.39 is 29.6 Å². The highest BCUT2D eigenvalue weighted by Gasteiger charge is 2.56. The summed E-state index contributed by atoms with van der Waals surface area (Å²) < 4.78 is 13.6. The third-order valence-electron chi connectivity index (χ3n) is 2.22. The molecule has 5 nitrogen and oxygen atoms in total. The maximum absolute atomic E-state index is 13.6. The summed E-state index contributed by atoms with van der Waals surface area (Å²) in [6, 6.07) is 0. The summed E-state index contributed by atoms with van der Waals surface area (Å²) in [5, 5.41) is 26.2. The standard InChI is InChI=1S/C8H9FO5/c9-8(6(11)12,7(13)14)4-2-1-3-5(4)10/h1-2,4-5,10H,3H2,(H,11,12)(H,13,14)/t4-,5-/m1/s1. The Labute approximate surface area is 78.5 Å². The van der Waals surface area contributed by atoms with Gasteiger partial charge in [-0.05, 0) is 6.42 Å². The number of aliphatic carboxylic acids is 2. The fourth-order valence-electron chi connectivity index (χ4n) is 1.41. The van der Waals surface area contributed by atoms with E-state index in [-0.39, 0.29) is 6.42 Å². The Kier molecular flexibility index (Phi) is 2.57. The summed E-state index contributed by atoms with van der Waals surface area (Å²) in [4.78, 5) is 21.0. The van der Waals surface area contributed by atoms with E-state index in [1.807, 2.05) is 0 Å². The van der Waals surface area contributed by atoms with Crippen LogP contribution in [0.5, 0.6) is 0 Å². The zero-order chi connectivity index (χ0) is 10.9. The summed E-state index contributed by atoms with van der Waals surface area (Å²) in [6.45, 7) is 0. The van der Waals surface area contributed by atoms with Gasteiger partial charge in [-0.15, -0.1) is 0 Å². The van der Waals surface area contributed by atoms with Gasteiger partial charge in [0.15, 0.2) is 0 Å². The van der Waals surface area contributed by atoms with Gasteiger partial charge < -0.3 is 15.3 Å². The van der Waals surface area contributed by atoms with E-state index in [1.54, 1.807) is 0 Å². The summed E-state index contributed by atoms with van der Waals surface area (Å²) >= 11 is 0. The first-order valence-electron chi connectivity index (χ1n) is 3.91. The highest BCUT2D eigenvalue weighted by atomic mass is 19.1. The van der Waals surface area contributed by atoms with Crippen molar-refractivity contribution < 1.29 is 29.3 Å². The Hall–Kier alpha value is -1.43. The predicted octanol–water partition coefficient (Wildman–Crippen LogP) is -0.199. The van der Waals surface area contributed by atoms with Gasteiger partial charge in [0, 0.05) is 0 Å². The van der Waals surface area contributed by atoms with Gasteiger partial charge in [-0.1, -0.05) is 12.2 Å². The monoisotopic (exact) mass is 204 g/mol. The molecule has 0 unspecified atom stereocenters. The Morgan fingerprint density at radius 1 is 1.36 bits per heavy atom. The average molecular weight is 204 g/mol. The first-order chi connectivity index (χ1) is 6.40. The van der Waals surface area contributed by atoms with Gasteiger partial charge in [-0.3, -0.25) is 0 Å². The van der Waals surface area contributed by atoms with Gasteiger partial charge >= 0.3 is 17.6 Å². The fourth-order valence-corrected chi connectivity index (χ4v) is 1.41. The van der Waals surface area contributed by atoms with Crippen molar-refractivity contribution in [1.82, 2.24) is 0 Å². The number of halogens is 1. The van der Waals surface area contributed by atoms with Crippen LogP contribution in [-0.4, -0.2) is 39.0 Å². The van der Waals surface area contributed by atoms with Crippen LogP contribution in [0.1, 0.15) is 6.42 Å². The van der Waals surface area contributed by atoms with Crippen LogP contribution in [0.2, 0.25) is 0 Å². The van der Waals surface area contributed by atoms with Crippen LogP contribution < -0.4 is 0 Å². The average Bonchev–Trinajstić information content (AvgIpc) is 2.49. The van der Waals surface area contributed by atoms with Gasteiger partial charge in [0.25, 0.3) is 0 Å². The molecule has 0 saturated heterocycles. The number of carboxylic acids is 2. The minimum absolute atomic E-state index is 0.0664. The largest absolute Gasteiger partial charge is 0.478 e. The molecule has 0 aromatic carbocycles. The molecule has 3 N–H and O–H groups in total. The molecule has 0 amide bonds. The number of hydrogen-bond donors (Lipinski definition) is 3. The topological polar surface area (TPSA) is 94.8 Å². The Bertz CT molecular complexity index is 284. The SMILES string of the molecule is O=C(O)C(F)(C(=O)O)[C@@H]1C=CC[C@H]1O. The molecular weight excluding hydrogens is 195 g/mol. The van der Waals surface area contributed by atoms with E-state index in [1.165, 1.54) is 6.08 Å². The van der Waals surface area contributed by atoms with Crippen molar-refractivity contribution in [3.63, 3.8) is 0 Å². The van der Waals surface area contributed by atoms with Crippen molar-refractivity contribution in [3.05, 3.63) is 12.2 Å². The highest BCUT2D eigenvalue weighted by Crippen LogP contribution is 2.33. The third-order valence-corrected chi connectivity index (χ3v) is 2.22. The minimum atomic E-state index is -3.45. The zero-order valence-corrected chi connectivity index (χ0v) is 7.05. The lowest BCUT2D eigenvalue weighted by Gasteiger charge is -2.24. The Balaban J connectivity index is 3.05. The predicted molar refractivity (Wildman–Crippen MR) is 42.4 cm³/mol. The molecule has 0 radical (unpaired) electrons. The second-order valence-electron chi connectivity index (χ2n) is 3.08. The maximum atomic E-state index is 13.6. The number of hydrogen-bond acceptors (Lipinski definition) is 3. The summed E-state index contributed by atoms with van der Waals surface area (Å²) in [6.07, 6.45) is 1.20. The first kappa shape index (κ1) is 10.6. The second kappa shape index (κ2) is 3.38. The molecule has 78 valence electrons. The Morgan fingerprint density at radius 3 is 2.14 bits per heavy atom. The van der Waals surface area contributed by atoms with Gasteiger partial charge in [-0.25, -0.2) is 14.0 Å². The van der Waals surface area contributed by atoms with Crippen LogP contribution in [0.15, 0.2) is 12.2 Å². The zero-order valence-electron chi connectivity index (χ0n) is 7.05. The number of aliphatic hydroxyl groups is 1. The van der Waals surface area contributed by atoms with Gasteiger partial charge in [0.1, 0.15) is 0 Å². The molecular formula is C8H9FO5. The molecule has 0 spiro atoms. The van der Waals surface area contributed by atoms with Crippen LogP contribution in [0, 0.1) is 5.92 Å². The maximum Gasteiger partial charge on any atom is 0.354 e. The molecule has 6 heteroatoms. The third kappa shape index (κ3) is 1.37. The highest BCUT2D eigenvalue weighted by molar-refractivity contribution is 6.02. The van der Waals surface area contributed by atoms with E-state index in [9.17, 15) is 19.1 Å². The molecule has 0 heterocycles. The van der Waals surface area contributed by atoms with E-state index in [0.29, 0.717) is 0 Å². The summed E-state index contributed by atoms with van der Waals surface area (Å²) in [5.74, 6) is -5.72. The van der Waals surface area contributed by atoms with E-state index in [4.69, 9.17) is 10.2 Å². The molecule has 0 aromatic heterocycles. The molecule has 0 aliphatic heterocycles. The van der Waals surface area contributed by atoms with Crippen molar-refractivity contribution in [1.29, 1.82) is 0 Å². The minimum Gasteiger partial charge on any atom is -0.478 e. The lowest BCUT2D eigenvalue weighted by molar-refractivity contribution is -0.173. The van der Waals surface area contributed by atoms with Crippen LogP contribution in [0.3, 0.4) is 0 Å². The van der Waals surface area contributed by atoms with Crippen molar-refractivity contribution in [3.8, 4) is 0 Å². The van der Waals surface area contributed by atoms with Crippen molar-refractivity contribution in [2.24, 2.45) is 5.92 Å². The fraction of sp³-hybridized carbons (Fsp3) is 0.500. The lowest BCUT2D eigenvalue weighted by atomic mass is 9.87. The number of carbonyl (C=O) groups is 2. The van der Waals surface area contributed by atoms with Crippen LogP contribution >= 0.6 is 0 Å². The van der Waals surface area contributed by atoms with Crippen LogP contribution in [0.25, 0.3) is 0 Å².